The Morgan fingerprint density at radius 3 is 2.39 bits per heavy atom. The first-order valence-corrected chi connectivity index (χ1v) is 12.4. The minimum atomic E-state index is -3.67. The van der Waals surface area contributed by atoms with E-state index in [1.165, 1.54) is 16.6 Å². The molecule has 0 radical (unpaired) electrons. The van der Waals surface area contributed by atoms with Crippen LogP contribution in [0.2, 0.25) is 0 Å². The molecule has 33 heavy (non-hydrogen) atoms. The molecule has 0 N–H and O–H groups in total. The van der Waals surface area contributed by atoms with Crippen molar-refractivity contribution in [3.63, 3.8) is 0 Å². The number of piperidine rings is 1. The molecule has 176 valence electrons. The zero-order valence-electron chi connectivity index (χ0n) is 18.7. The van der Waals surface area contributed by atoms with Crippen molar-refractivity contribution in [2.75, 3.05) is 44.2 Å². The van der Waals surface area contributed by atoms with E-state index in [1.54, 1.807) is 35.6 Å². The Morgan fingerprint density at radius 1 is 1.15 bits per heavy atom. The number of carbonyl (C=O) groups excluding carboxylic acids is 1. The molecular formula is C22H27FN6O3S. The fourth-order valence-electron chi connectivity index (χ4n) is 4.44. The Kier molecular flexibility index (Phi) is 6.41. The molecular weight excluding hydrogens is 447 g/mol. The molecule has 2 aliphatic heterocycles. The van der Waals surface area contributed by atoms with Gasteiger partial charge in [-0.25, -0.2) is 17.8 Å². The molecule has 9 nitrogen and oxygen atoms in total. The quantitative estimate of drug-likeness (QED) is 0.665. The lowest BCUT2D eigenvalue weighted by Crippen LogP contribution is -2.52. The summed E-state index contributed by atoms with van der Waals surface area (Å²) >= 11 is 0. The monoisotopic (exact) mass is 474 g/mol. The molecule has 1 amide bonds. The minimum Gasteiger partial charge on any atom is -0.367 e. The van der Waals surface area contributed by atoms with Crippen molar-refractivity contribution >= 4 is 21.6 Å². The van der Waals surface area contributed by atoms with E-state index in [0.29, 0.717) is 50.5 Å². The van der Waals surface area contributed by atoms with Gasteiger partial charge in [0.2, 0.25) is 5.91 Å². The van der Waals surface area contributed by atoms with Gasteiger partial charge in [0.05, 0.1) is 5.69 Å². The van der Waals surface area contributed by atoms with Gasteiger partial charge in [0.1, 0.15) is 23.3 Å². The first-order chi connectivity index (χ1) is 15.7. The largest absolute Gasteiger partial charge is 0.367 e. The third-order valence-corrected chi connectivity index (χ3v) is 8.30. The summed E-state index contributed by atoms with van der Waals surface area (Å²) < 4.78 is 42.8. The van der Waals surface area contributed by atoms with Gasteiger partial charge in [-0.3, -0.25) is 4.79 Å². The van der Waals surface area contributed by atoms with Crippen LogP contribution in [0.3, 0.4) is 0 Å². The lowest BCUT2D eigenvalue weighted by atomic mass is 9.96. The number of aryl methyl sites for hydroxylation is 2. The van der Waals surface area contributed by atoms with Crippen LogP contribution >= 0.6 is 0 Å². The summed E-state index contributed by atoms with van der Waals surface area (Å²) in [6, 6.07) is 6.49. The smallest absolute Gasteiger partial charge is 0.262 e. The highest BCUT2D eigenvalue weighted by molar-refractivity contribution is 7.89. The second-order valence-corrected chi connectivity index (χ2v) is 10.4. The average molecular weight is 475 g/mol. The fourth-order valence-corrected chi connectivity index (χ4v) is 5.93. The highest BCUT2D eigenvalue weighted by atomic mass is 32.2. The average Bonchev–Trinajstić information content (AvgIpc) is 3.17. The normalized spacial score (nSPS) is 18.4. The van der Waals surface area contributed by atoms with Crippen LogP contribution in [0.25, 0.3) is 0 Å². The molecule has 0 unspecified atom stereocenters. The van der Waals surface area contributed by atoms with Crippen molar-refractivity contribution in [1.82, 2.24) is 18.8 Å². The molecule has 3 heterocycles. The van der Waals surface area contributed by atoms with Crippen molar-refractivity contribution in [1.29, 1.82) is 5.26 Å². The van der Waals surface area contributed by atoms with Gasteiger partial charge in [-0.15, -0.1) is 0 Å². The van der Waals surface area contributed by atoms with Crippen LogP contribution in [0.15, 0.2) is 29.4 Å². The van der Waals surface area contributed by atoms with Crippen molar-refractivity contribution < 1.29 is 17.6 Å². The lowest BCUT2D eigenvalue weighted by Gasteiger charge is -2.39. The lowest BCUT2D eigenvalue weighted by molar-refractivity contribution is -0.137. The third-order valence-electron chi connectivity index (χ3n) is 6.53. The number of anilines is 1. The maximum Gasteiger partial charge on any atom is 0.262 e. The number of amides is 1. The van der Waals surface area contributed by atoms with Crippen LogP contribution in [0, 0.1) is 30.0 Å². The van der Waals surface area contributed by atoms with E-state index in [-0.39, 0.29) is 35.5 Å². The number of rotatable bonds is 4. The van der Waals surface area contributed by atoms with E-state index in [4.69, 9.17) is 0 Å². The summed E-state index contributed by atoms with van der Waals surface area (Å²) in [6.07, 6.45) is 2.44. The van der Waals surface area contributed by atoms with Gasteiger partial charge in [0.25, 0.3) is 10.0 Å². The molecule has 2 saturated heterocycles. The molecule has 0 bridgehead atoms. The molecule has 1 aromatic heterocycles. The van der Waals surface area contributed by atoms with Gasteiger partial charge in [-0.05, 0) is 31.9 Å². The Bertz CT molecular complexity index is 1170. The van der Waals surface area contributed by atoms with E-state index in [2.05, 4.69) is 4.98 Å². The zero-order valence-corrected chi connectivity index (χ0v) is 19.6. The predicted octanol–water partition coefficient (Wildman–Crippen LogP) is 1.49. The van der Waals surface area contributed by atoms with Gasteiger partial charge in [-0.2, -0.15) is 9.57 Å². The number of nitrogens with zero attached hydrogens (tertiary/aromatic N) is 6. The Hall–Kier alpha value is -2.97. The minimum absolute atomic E-state index is 0.0222. The first-order valence-electron chi connectivity index (χ1n) is 10.9. The standard InChI is InChI=1S/C22H27FN6O3S/c1-16-25-21(15-26(16)2)33(31,32)29-8-6-17(7-9-29)22(30)28-12-10-27(11-13-28)20-5-3-4-19(23)18(20)14-24/h3-5,15,17H,6-13H2,1-2H3. The van der Waals surface area contributed by atoms with E-state index in [1.807, 2.05) is 11.0 Å². The number of nitriles is 1. The number of carbonyl (C=O) groups is 1. The SMILES string of the molecule is Cc1nc(S(=O)(=O)N2CCC(C(=O)N3CCN(c4cccc(F)c4C#N)CC3)CC2)cn1C. The maximum absolute atomic E-state index is 13.9. The fraction of sp³-hybridized carbons (Fsp3) is 0.500. The van der Waals surface area contributed by atoms with E-state index in [9.17, 15) is 22.9 Å². The molecule has 2 aliphatic rings. The van der Waals surface area contributed by atoms with Crippen LogP contribution in [0.4, 0.5) is 10.1 Å². The van der Waals surface area contributed by atoms with Crippen LogP contribution in [-0.4, -0.2) is 72.3 Å². The summed E-state index contributed by atoms with van der Waals surface area (Å²) in [6.45, 7) is 4.29. The number of imidazole rings is 1. The molecule has 1 aromatic carbocycles. The van der Waals surface area contributed by atoms with Gasteiger partial charge in [0, 0.05) is 58.4 Å². The van der Waals surface area contributed by atoms with Crippen molar-refractivity contribution in [3.05, 3.63) is 41.6 Å². The molecule has 11 heteroatoms. The molecule has 0 aliphatic carbocycles. The van der Waals surface area contributed by atoms with Crippen LogP contribution < -0.4 is 4.90 Å². The summed E-state index contributed by atoms with van der Waals surface area (Å²) in [5.41, 5.74) is 0.571. The maximum atomic E-state index is 13.9. The van der Waals surface area contributed by atoms with Crippen LogP contribution in [-0.2, 0) is 21.9 Å². The molecule has 0 atom stereocenters. The second-order valence-electron chi connectivity index (χ2n) is 8.47. The third kappa shape index (κ3) is 4.45. The molecule has 2 fully saturated rings. The van der Waals surface area contributed by atoms with Crippen LogP contribution in [0.5, 0.6) is 0 Å². The van der Waals surface area contributed by atoms with E-state index in [0.717, 1.165) is 0 Å². The van der Waals surface area contributed by atoms with Crippen molar-refractivity contribution in [2.24, 2.45) is 13.0 Å². The van der Waals surface area contributed by atoms with Crippen molar-refractivity contribution in [2.45, 2.75) is 24.8 Å². The second kappa shape index (κ2) is 9.11. The Morgan fingerprint density at radius 2 is 1.82 bits per heavy atom. The predicted molar refractivity (Wildman–Crippen MR) is 119 cm³/mol. The topological polar surface area (TPSA) is 103 Å². The van der Waals surface area contributed by atoms with Gasteiger partial charge >= 0.3 is 0 Å². The Labute approximate surface area is 193 Å². The number of hydrogen-bond donors (Lipinski definition) is 0. The summed E-state index contributed by atoms with van der Waals surface area (Å²) in [7, 11) is -1.92. The van der Waals surface area contributed by atoms with E-state index < -0.39 is 15.8 Å². The Balaban J connectivity index is 1.34. The van der Waals surface area contributed by atoms with Gasteiger partial charge < -0.3 is 14.4 Å². The number of benzene rings is 1. The number of sulfonamides is 1. The number of halogens is 1. The van der Waals surface area contributed by atoms with Crippen molar-refractivity contribution in [3.8, 4) is 6.07 Å². The van der Waals surface area contributed by atoms with Gasteiger partial charge in [0.15, 0.2) is 5.03 Å². The molecule has 4 rings (SSSR count). The summed E-state index contributed by atoms with van der Waals surface area (Å²) in [4.78, 5) is 20.9. The van der Waals surface area contributed by atoms with Gasteiger partial charge in [-0.1, -0.05) is 6.07 Å². The molecule has 0 spiro atoms. The molecule has 0 saturated carbocycles. The number of piperazine rings is 1. The first kappa shape index (κ1) is 23.2. The van der Waals surface area contributed by atoms with E-state index >= 15 is 0 Å². The van der Waals surface area contributed by atoms with Crippen LogP contribution in [0.1, 0.15) is 24.2 Å². The highest BCUT2D eigenvalue weighted by Gasteiger charge is 2.35. The molecule has 2 aromatic rings. The number of hydrogen-bond acceptors (Lipinski definition) is 6. The zero-order chi connectivity index (χ0) is 23.8. The highest BCUT2D eigenvalue weighted by Crippen LogP contribution is 2.27. The number of aromatic nitrogens is 2. The summed E-state index contributed by atoms with van der Waals surface area (Å²) in [5, 5.41) is 9.31. The summed E-state index contributed by atoms with van der Waals surface area (Å²) in [5.74, 6) is -0.119.